The summed E-state index contributed by atoms with van der Waals surface area (Å²) in [6.07, 6.45) is 2.16. The van der Waals surface area contributed by atoms with Crippen LogP contribution in [0, 0.1) is 6.92 Å². The average Bonchev–Trinajstić information content (AvgIpc) is 2.79. The molecule has 1 atom stereocenters. The molecule has 1 aliphatic heterocycles. The zero-order valence-corrected chi connectivity index (χ0v) is 12.1. The van der Waals surface area contributed by atoms with Crippen molar-refractivity contribution in [2.75, 3.05) is 11.9 Å². The Bertz CT molecular complexity index is 435. The number of rotatable bonds is 2. The predicted molar refractivity (Wildman–Crippen MR) is 74.0 cm³/mol. The molecule has 0 N–H and O–H groups in total. The molecule has 1 heterocycles. The topological polar surface area (TPSA) is 20.3 Å². The van der Waals surface area contributed by atoms with Crippen LogP contribution in [0.3, 0.4) is 0 Å². The molecular formula is C13H15BrClNO. The van der Waals surface area contributed by atoms with Crippen LogP contribution >= 0.6 is 27.5 Å². The molecule has 92 valence electrons. The molecule has 1 unspecified atom stereocenters. The van der Waals surface area contributed by atoms with Gasteiger partial charge in [-0.2, -0.15) is 0 Å². The largest absolute Gasteiger partial charge is 0.335 e. The average molecular weight is 317 g/mol. The van der Waals surface area contributed by atoms with E-state index in [0.717, 1.165) is 35.8 Å². The van der Waals surface area contributed by atoms with Crippen molar-refractivity contribution >= 4 is 33.4 Å². The first-order valence-corrected chi connectivity index (χ1v) is 7.26. The number of hydrogen-bond acceptors (Lipinski definition) is 1. The quantitative estimate of drug-likeness (QED) is 0.763. The minimum Gasteiger partial charge on any atom is -0.335 e. The van der Waals surface area contributed by atoms with Crippen LogP contribution in [0.1, 0.15) is 28.8 Å². The molecule has 1 aromatic carbocycles. The highest BCUT2D eigenvalue weighted by molar-refractivity contribution is 9.09. The maximum atomic E-state index is 12.4. The van der Waals surface area contributed by atoms with Crippen LogP contribution in [0.5, 0.6) is 0 Å². The van der Waals surface area contributed by atoms with Gasteiger partial charge in [0.15, 0.2) is 0 Å². The maximum absolute atomic E-state index is 12.4. The Morgan fingerprint density at radius 2 is 2.35 bits per heavy atom. The first-order valence-electron chi connectivity index (χ1n) is 5.76. The van der Waals surface area contributed by atoms with Crippen molar-refractivity contribution in [1.29, 1.82) is 0 Å². The normalized spacial score (nSPS) is 19.7. The standard InChI is InChI=1S/C13H15BrClNO/c1-9-4-5-10(15)7-12(9)13(17)16-6-2-3-11(16)8-14/h4-5,7,11H,2-3,6,8H2,1H3. The molecule has 1 fully saturated rings. The zero-order valence-electron chi connectivity index (χ0n) is 9.75. The molecule has 1 aromatic rings. The minimum absolute atomic E-state index is 0.104. The first-order chi connectivity index (χ1) is 8.13. The third-order valence-electron chi connectivity index (χ3n) is 3.25. The Labute approximate surface area is 115 Å². The molecular weight excluding hydrogens is 302 g/mol. The Morgan fingerprint density at radius 1 is 1.59 bits per heavy atom. The van der Waals surface area contributed by atoms with E-state index >= 15 is 0 Å². The number of benzene rings is 1. The van der Waals surface area contributed by atoms with Gasteiger partial charge < -0.3 is 4.90 Å². The molecule has 1 amide bonds. The number of carbonyl (C=O) groups is 1. The molecule has 2 rings (SSSR count). The van der Waals surface area contributed by atoms with E-state index in [4.69, 9.17) is 11.6 Å². The molecule has 0 radical (unpaired) electrons. The van der Waals surface area contributed by atoms with Gasteiger partial charge in [-0.1, -0.05) is 33.6 Å². The van der Waals surface area contributed by atoms with Crippen molar-refractivity contribution in [2.24, 2.45) is 0 Å². The third kappa shape index (κ3) is 2.66. The molecule has 0 saturated carbocycles. The lowest BCUT2D eigenvalue weighted by molar-refractivity contribution is 0.0750. The summed E-state index contributed by atoms with van der Waals surface area (Å²) in [4.78, 5) is 14.4. The number of alkyl halides is 1. The SMILES string of the molecule is Cc1ccc(Cl)cc1C(=O)N1CCCC1CBr. The third-order valence-corrected chi connectivity index (χ3v) is 4.23. The van der Waals surface area contributed by atoms with E-state index in [2.05, 4.69) is 15.9 Å². The fourth-order valence-corrected chi connectivity index (χ4v) is 3.09. The highest BCUT2D eigenvalue weighted by Gasteiger charge is 2.29. The highest BCUT2D eigenvalue weighted by Crippen LogP contribution is 2.24. The second kappa shape index (κ2) is 5.40. The summed E-state index contributed by atoms with van der Waals surface area (Å²) in [5.74, 6) is 0.104. The Balaban J connectivity index is 2.27. The lowest BCUT2D eigenvalue weighted by atomic mass is 10.1. The molecule has 0 aliphatic carbocycles. The van der Waals surface area contributed by atoms with Crippen molar-refractivity contribution in [1.82, 2.24) is 4.90 Å². The second-order valence-corrected chi connectivity index (χ2v) is 5.49. The van der Waals surface area contributed by atoms with E-state index in [1.807, 2.05) is 24.0 Å². The summed E-state index contributed by atoms with van der Waals surface area (Å²) in [5.41, 5.74) is 1.71. The van der Waals surface area contributed by atoms with E-state index in [0.29, 0.717) is 11.1 Å². The van der Waals surface area contributed by atoms with Crippen molar-refractivity contribution < 1.29 is 4.79 Å². The summed E-state index contributed by atoms with van der Waals surface area (Å²) in [6.45, 7) is 2.80. The molecule has 0 aromatic heterocycles. The monoisotopic (exact) mass is 315 g/mol. The van der Waals surface area contributed by atoms with Crippen LogP contribution in [-0.4, -0.2) is 28.7 Å². The smallest absolute Gasteiger partial charge is 0.254 e. The van der Waals surface area contributed by atoms with Crippen LogP contribution < -0.4 is 0 Å². The number of hydrogen-bond donors (Lipinski definition) is 0. The van der Waals surface area contributed by atoms with Gasteiger partial charge >= 0.3 is 0 Å². The molecule has 0 bridgehead atoms. The van der Waals surface area contributed by atoms with Crippen molar-refractivity contribution in [3.63, 3.8) is 0 Å². The van der Waals surface area contributed by atoms with Crippen LogP contribution in [0.2, 0.25) is 5.02 Å². The number of nitrogens with zero attached hydrogens (tertiary/aromatic N) is 1. The lowest BCUT2D eigenvalue weighted by Gasteiger charge is -2.24. The number of likely N-dealkylation sites (tertiary alicyclic amines) is 1. The van der Waals surface area contributed by atoms with Gasteiger partial charge in [-0.05, 0) is 37.5 Å². The number of aryl methyl sites for hydroxylation is 1. The van der Waals surface area contributed by atoms with E-state index in [-0.39, 0.29) is 5.91 Å². The maximum Gasteiger partial charge on any atom is 0.254 e. The number of carbonyl (C=O) groups excluding carboxylic acids is 1. The van der Waals surface area contributed by atoms with Crippen molar-refractivity contribution in [2.45, 2.75) is 25.8 Å². The van der Waals surface area contributed by atoms with Gasteiger partial charge in [0.25, 0.3) is 5.91 Å². The minimum atomic E-state index is 0.104. The van der Waals surface area contributed by atoms with Gasteiger partial charge in [-0.25, -0.2) is 0 Å². The van der Waals surface area contributed by atoms with Gasteiger partial charge in [0.2, 0.25) is 0 Å². The summed E-state index contributed by atoms with van der Waals surface area (Å²) >= 11 is 9.43. The van der Waals surface area contributed by atoms with Gasteiger partial charge in [0, 0.05) is 28.5 Å². The molecule has 1 aliphatic rings. The summed E-state index contributed by atoms with van der Waals surface area (Å²) < 4.78 is 0. The molecule has 2 nitrogen and oxygen atoms in total. The fourth-order valence-electron chi connectivity index (χ4n) is 2.24. The molecule has 4 heteroatoms. The van der Waals surface area contributed by atoms with E-state index < -0.39 is 0 Å². The number of halogens is 2. The van der Waals surface area contributed by atoms with E-state index in [1.165, 1.54) is 0 Å². The number of amides is 1. The molecule has 17 heavy (non-hydrogen) atoms. The Morgan fingerprint density at radius 3 is 3.06 bits per heavy atom. The highest BCUT2D eigenvalue weighted by atomic mass is 79.9. The lowest BCUT2D eigenvalue weighted by Crippen LogP contribution is -2.36. The Kier molecular flexibility index (Phi) is 4.10. The van der Waals surface area contributed by atoms with Crippen molar-refractivity contribution in [3.8, 4) is 0 Å². The molecule has 1 saturated heterocycles. The summed E-state index contributed by atoms with van der Waals surface area (Å²) in [7, 11) is 0. The fraction of sp³-hybridized carbons (Fsp3) is 0.462. The zero-order chi connectivity index (χ0) is 12.4. The summed E-state index contributed by atoms with van der Waals surface area (Å²) in [5, 5.41) is 1.46. The van der Waals surface area contributed by atoms with Gasteiger partial charge in [-0.3, -0.25) is 4.79 Å². The summed E-state index contributed by atoms with van der Waals surface area (Å²) in [6, 6.07) is 5.80. The van der Waals surface area contributed by atoms with Gasteiger partial charge in [0.05, 0.1) is 0 Å². The van der Waals surface area contributed by atoms with Gasteiger partial charge in [0.1, 0.15) is 0 Å². The first kappa shape index (κ1) is 12.9. The van der Waals surface area contributed by atoms with Crippen LogP contribution in [0.25, 0.3) is 0 Å². The van der Waals surface area contributed by atoms with Gasteiger partial charge in [-0.15, -0.1) is 0 Å². The predicted octanol–water partition coefficient (Wildman–Crippen LogP) is 3.65. The van der Waals surface area contributed by atoms with E-state index in [1.54, 1.807) is 6.07 Å². The molecule has 0 spiro atoms. The van der Waals surface area contributed by atoms with Crippen molar-refractivity contribution in [3.05, 3.63) is 34.3 Å². The van der Waals surface area contributed by atoms with Crippen LogP contribution in [-0.2, 0) is 0 Å². The van der Waals surface area contributed by atoms with E-state index in [9.17, 15) is 4.79 Å². The Hall–Kier alpha value is -0.540. The van der Waals surface area contributed by atoms with Crippen LogP contribution in [0.15, 0.2) is 18.2 Å². The van der Waals surface area contributed by atoms with Crippen LogP contribution in [0.4, 0.5) is 0 Å². The second-order valence-electron chi connectivity index (χ2n) is 4.41.